The zero-order chi connectivity index (χ0) is 19.4. The molecule has 1 heterocycles. The zero-order valence-corrected chi connectivity index (χ0v) is 16.4. The molecule has 0 N–H and O–H groups in total. The van der Waals surface area contributed by atoms with Crippen molar-refractivity contribution in [3.63, 3.8) is 0 Å². The van der Waals surface area contributed by atoms with Gasteiger partial charge < -0.3 is 18.9 Å². The fourth-order valence-electron chi connectivity index (χ4n) is 2.96. The van der Waals surface area contributed by atoms with Gasteiger partial charge in [0.2, 0.25) is 17.6 Å². The molecule has 7 nitrogen and oxygen atoms in total. The van der Waals surface area contributed by atoms with Crippen molar-refractivity contribution in [2.75, 3.05) is 27.3 Å². The molecule has 27 heavy (non-hydrogen) atoms. The molecule has 1 aromatic carbocycles. The van der Waals surface area contributed by atoms with Gasteiger partial charge in [0, 0.05) is 37.1 Å². The van der Waals surface area contributed by atoms with Gasteiger partial charge in [-0.3, -0.25) is 4.79 Å². The number of ether oxygens (including phenoxy) is 2. The van der Waals surface area contributed by atoms with Gasteiger partial charge in [0.15, 0.2) is 0 Å². The smallest absolute Gasteiger partial charge is 0.228 e. The van der Waals surface area contributed by atoms with Gasteiger partial charge in [-0.15, -0.1) is 0 Å². The Morgan fingerprint density at radius 2 is 1.89 bits per heavy atom. The first kappa shape index (κ1) is 19.2. The summed E-state index contributed by atoms with van der Waals surface area (Å²) >= 11 is 0. The second-order valence-corrected chi connectivity index (χ2v) is 7.32. The SMILES string of the molecule is COc1cc(OC)cc(-c2noc(CCN(CC(C)C)C(=O)C3CC3)n2)c1. The van der Waals surface area contributed by atoms with Crippen molar-refractivity contribution in [2.45, 2.75) is 33.1 Å². The number of carbonyl (C=O) groups is 1. The molecular weight excluding hydrogens is 346 g/mol. The Morgan fingerprint density at radius 3 is 2.44 bits per heavy atom. The third-order valence-electron chi connectivity index (χ3n) is 4.50. The quantitative estimate of drug-likeness (QED) is 0.672. The zero-order valence-electron chi connectivity index (χ0n) is 16.4. The minimum Gasteiger partial charge on any atom is -0.497 e. The van der Waals surface area contributed by atoms with Crippen LogP contribution in [0.3, 0.4) is 0 Å². The highest BCUT2D eigenvalue weighted by Crippen LogP contribution is 2.31. The number of benzene rings is 1. The fourth-order valence-corrected chi connectivity index (χ4v) is 2.96. The highest BCUT2D eigenvalue weighted by Gasteiger charge is 2.33. The van der Waals surface area contributed by atoms with Gasteiger partial charge in [-0.25, -0.2) is 0 Å². The van der Waals surface area contributed by atoms with E-state index in [0.29, 0.717) is 42.1 Å². The summed E-state index contributed by atoms with van der Waals surface area (Å²) in [5.41, 5.74) is 0.759. The molecule has 1 aromatic heterocycles. The predicted octanol–water partition coefficient (Wildman–Crippen LogP) is 3.19. The Balaban J connectivity index is 1.69. The first-order chi connectivity index (χ1) is 13.0. The number of carbonyl (C=O) groups excluding carboxylic acids is 1. The largest absolute Gasteiger partial charge is 0.497 e. The van der Waals surface area contributed by atoms with Crippen molar-refractivity contribution in [1.82, 2.24) is 15.0 Å². The third-order valence-corrected chi connectivity index (χ3v) is 4.50. The molecule has 0 unspecified atom stereocenters. The Bertz CT molecular complexity index is 761. The van der Waals surface area contributed by atoms with Crippen molar-refractivity contribution < 1.29 is 18.8 Å². The molecular formula is C20H27N3O4. The van der Waals surface area contributed by atoms with Gasteiger partial charge in [0.05, 0.1) is 14.2 Å². The van der Waals surface area contributed by atoms with Gasteiger partial charge in [-0.1, -0.05) is 19.0 Å². The summed E-state index contributed by atoms with van der Waals surface area (Å²) in [4.78, 5) is 18.9. The van der Waals surface area contributed by atoms with Gasteiger partial charge in [0.1, 0.15) is 11.5 Å². The normalized spacial score (nSPS) is 13.7. The van der Waals surface area contributed by atoms with Gasteiger partial charge in [0.25, 0.3) is 0 Å². The second kappa shape index (κ2) is 8.41. The molecule has 0 radical (unpaired) electrons. The number of rotatable bonds is 9. The summed E-state index contributed by atoms with van der Waals surface area (Å²) in [6.07, 6.45) is 2.56. The lowest BCUT2D eigenvalue weighted by molar-refractivity contribution is -0.133. The highest BCUT2D eigenvalue weighted by atomic mass is 16.5. The predicted molar refractivity (Wildman–Crippen MR) is 101 cm³/mol. The Hall–Kier alpha value is -2.57. The topological polar surface area (TPSA) is 77.7 Å². The Kier molecular flexibility index (Phi) is 5.98. The van der Waals surface area contributed by atoms with Crippen LogP contribution in [0, 0.1) is 11.8 Å². The van der Waals surface area contributed by atoms with E-state index in [1.165, 1.54) is 0 Å². The minimum absolute atomic E-state index is 0.214. The monoisotopic (exact) mass is 373 g/mol. The molecule has 1 aliphatic rings. The van der Waals surface area contributed by atoms with Crippen molar-refractivity contribution in [1.29, 1.82) is 0 Å². The van der Waals surface area contributed by atoms with Crippen LogP contribution < -0.4 is 9.47 Å². The summed E-state index contributed by atoms with van der Waals surface area (Å²) < 4.78 is 16.0. The molecule has 2 aromatic rings. The number of amides is 1. The molecule has 1 fully saturated rings. The third kappa shape index (κ3) is 4.99. The number of hydrogen-bond donors (Lipinski definition) is 0. The molecule has 0 spiro atoms. The molecule has 0 bridgehead atoms. The number of nitrogens with zero attached hydrogens (tertiary/aromatic N) is 3. The van der Waals surface area contributed by atoms with E-state index in [0.717, 1.165) is 24.9 Å². The van der Waals surface area contributed by atoms with E-state index in [1.54, 1.807) is 20.3 Å². The summed E-state index contributed by atoms with van der Waals surface area (Å²) in [6.45, 7) is 5.59. The summed E-state index contributed by atoms with van der Waals surface area (Å²) in [5, 5.41) is 4.07. The molecule has 146 valence electrons. The van der Waals surface area contributed by atoms with Crippen molar-refractivity contribution in [3.8, 4) is 22.9 Å². The molecule has 7 heteroatoms. The van der Waals surface area contributed by atoms with E-state index in [1.807, 2.05) is 17.0 Å². The molecule has 1 aliphatic carbocycles. The maximum atomic E-state index is 12.5. The summed E-state index contributed by atoms with van der Waals surface area (Å²) in [6, 6.07) is 5.45. The average molecular weight is 373 g/mol. The van der Waals surface area contributed by atoms with Crippen LogP contribution >= 0.6 is 0 Å². The van der Waals surface area contributed by atoms with E-state index >= 15 is 0 Å². The van der Waals surface area contributed by atoms with E-state index < -0.39 is 0 Å². The lowest BCUT2D eigenvalue weighted by atomic mass is 10.2. The van der Waals surface area contributed by atoms with Crippen LogP contribution in [-0.4, -0.2) is 48.3 Å². The number of hydrogen-bond acceptors (Lipinski definition) is 6. The molecule has 3 rings (SSSR count). The minimum atomic E-state index is 0.214. The first-order valence-corrected chi connectivity index (χ1v) is 9.35. The van der Waals surface area contributed by atoms with Crippen LogP contribution in [-0.2, 0) is 11.2 Å². The van der Waals surface area contributed by atoms with Crippen LogP contribution in [0.25, 0.3) is 11.4 Å². The summed E-state index contributed by atoms with van der Waals surface area (Å²) in [5.74, 6) is 3.21. The lowest BCUT2D eigenvalue weighted by Gasteiger charge is -2.24. The van der Waals surface area contributed by atoms with Crippen LogP contribution in [0.4, 0.5) is 0 Å². The van der Waals surface area contributed by atoms with E-state index in [-0.39, 0.29) is 11.8 Å². The first-order valence-electron chi connectivity index (χ1n) is 9.35. The maximum Gasteiger partial charge on any atom is 0.228 e. The van der Waals surface area contributed by atoms with E-state index in [2.05, 4.69) is 24.0 Å². The fraction of sp³-hybridized carbons (Fsp3) is 0.550. The van der Waals surface area contributed by atoms with Crippen molar-refractivity contribution in [2.24, 2.45) is 11.8 Å². The van der Waals surface area contributed by atoms with Gasteiger partial charge in [-0.2, -0.15) is 4.98 Å². The standard InChI is InChI=1S/C20H27N3O4/c1-13(2)12-23(20(24)14-5-6-14)8-7-18-21-19(22-27-18)15-9-16(25-3)11-17(10-15)26-4/h9-11,13-14H,5-8,12H2,1-4H3. The van der Waals surface area contributed by atoms with E-state index in [9.17, 15) is 4.79 Å². The molecule has 0 saturated heterocycles. The van der Waals surface area contributed by atoms with Crippen LogP contribution in [0.1, 0.15) is 32.6 Å². The average Bonchev–Trinajstić information content (AvgIpc) is 3.41. The van der Waals surface area contributed by atoms with Crippen molar-refractivity contribution in [3.05, 3.63) is 24.1 Å². The highest BCUT2D eigenvalue weighted by molar-refractivity contribution is 5.81. The summed E-state index contributed by atoms with van der Waals surface area (Å²) in [7, 11) is 3.20. The van der Waals surface area contributed by atoms with Crippen LogP contribution in [0.15, 0.2) is 22.7 Å². The second-order valence-electron chi connectivity index (χ2n) is 7.32. The molecule has 1 saturated carbocycles. The van der Waals surface area contributed by atoms with Crippen LogP contribution in [0.5, 0.6) is 11.5 Å². The molecule has 0 aliphatic heterocycles. The molecule has 0 atom stereocenters. The maximum absolute atomic E-state index is 12.5. The van der Waals surface area contributed by atoms with Gasteiger partial charge in [-0.05, 0) is 30.9 Å². The Morgan fingerprint density at radius 1 is 1.22 bits per heavy atom. The van der Waals surface area contributed by atoms with Gasteiger partial charge >= 0.3 is 0 Å². The molecule has 1 amide bonds. The van der Waals surface area contributed by atoms with Crippen molar-refractivity contribution >= 4 is 5.91 Å². The number of methoxy groups -OCH3 is 2. The number of aromatic nitrogens is 2. The van der Waals surface area contributed by atoms with Crippen LogP contribution in [0.2, 0.25) is 0 Å². The Labute approximate surface area is 159 Å². The lowest BCUT2D eigenvalue weighted by Crippen LogP contribution is -2.36. The van der Waals surface area contributed by atoms with E-state index in [4.69, 9.17) is 14.0 Å².